The van der Waals surface area contributed by atoms with Crippen LogP contribution in [0.1, 0.15) is 44.0 Å². The summed E-state index contributed by atoms with van der Waals surface area (Å²) in [7, 11) is 0. The molecule has 0 aliphatic heterocycles. The van der Waals surface area contributed by atoms with Gasteiger partial charge in [-0.3, -0.25) is 0 Å². The lowest BCUT2D eigenvalue weighted by molar-refractivity contribution is -0.144. The summed E-state index contributed by atoms with van der Waals surface area (Å²) in [4.78, 5) is 23.4. The Labute approximate surface area is 125 Å². The topological polar surface area (TPSA) is 64.6 Å². The van der Waals surface area contributed by atoms with E-state index in [1.807, 2.05) is 6.92 Å². The normalized spacial score (nSPS) is 11.6. The van der Waals surface area contributed by atoms with Crippen LogP contribution in [-0.2, 0) is 14.3 Å². The van der Waals surface area contributed by atoms with E-state index in [9.17, 15) is 9.59 Å². The van der Waals surface area contributed by atoms with Gasteiger partial charge in [-0.15, -0.1) is 0 Å². The van der Waals surface area contributed by atoms with Crippen molar-refractivity contribution in [2.24, 2.45) is 0 Å². The molecule has 0 aromatic heterocycles. The highest BCUT2D eigenvalue weighted by Crippen LogP contribution is 2.14. The van der Waals surface area contributed by atoms with Gasteiger partial charge in [-0.05, 0) is 44.5 Å². The van der Waals surface area contributed by atoms with Crippen molar-refractivity contribution in [2.75, 3.05) is 18.5 Å². The van der Waals surface area contributed by atoms with E-state index in [0.717, 1.165) is 12.1 Å². The average Bonchev–Trinajstić information content (AvgIpc) is 2.48. The maximum Gasteiger partial charge on any atom is 0.338 e. The van der Waals surface area contributed by atoms with E-state index in [2.05, 4.69) is 5.32 Å². The average molecular weight is 293 g/mol. The molecular formula is C16H23NO4. The van der Waals surface area contributed by atoms with Crippen LogP contribution in [0.25, 0.3) is 0 Å². The van der Waals surface area contributed by atoms with Crippen molar-refractivity contribution in [1.29, 1.82) is 0 Å². The molecule has 1 rings (SSSR count). The fourth-order valence-corrected chi connectivity index (χ4v) is 1.90. The molecule has 0 saturated heterocycles. The molecule has 1 atom stereocenters. The number of rotatable bonds is 8. The maximum absolute atomic E-state index is 11.8. The molecule has 1 N–H and O–H groups in total. The van der Waals surface area contributed by atoms with E-state index in [4.69, 9.17) is 9.47 Å². The van der Waals surface area contributed by atoms with E-state index in [0.29, 0.717) is 25.2 Å². The van der Waals surface area contributed by atoms with Crippen molar-refractivity contribution in [3.8, 4) is 0 Å². The van der Waals surface area contributed by atoms with Crippen molar-refractivity contribution in [3.63, 3.8) is 0 Å². The van der Waals surface area contributed by atoms with Crippen LogP contribution < -0.4 is 5.32 Å². The number of ether oxygens (including phenoxy) is 2. The Morgan fingerprint density at radius 1 is 1.05 bits per heavy atom. The van der Waals surface area contributed by atoms with Crippen LogP contribution in [0.2, 0.25) is 0 Å². The van der Waals surface area contributed by atoms with Crippen LogP contribution in [-0.4, -0.2) is 31.2 Å². The fraction of sp³-hybridized carbons (Fsp3) is 0.500. The second-order valence-corrected chi connectivity index (χ2v) is 4.54. The molecule has 0 unspecified atom stereocenters. The van der Waals surface area contributed by atoms with Crippen LogP contribution in [0.3, 0.4) is 0 Å². The van der Waals surface area contributed by atoms with Gasteiger partial charge in [0.1, 0.15) is 6.04 Å². The Morgan fingerprint density at radius 2 is 1.67 bits per heavy atom. The van der Waals surface area contributed by atoms with E-state index in [-0.39, 0.29) is 18.0 Å². The summed E-state index contributed by atoms with van der Waals surface area (Å²) in [6.45, 7) is 6.28. The molecule has 0 radical (unpaired) electrons. The monoisotopic (exact) mass is 293 g/mol. The van der Waals surface area contributed by atoms with Crippen LogP contribution in [0.4, 0.5) is 5.69 Å². The minimum absolute atomic E-state index is 0.256. The van der Waals surface area contributed by atoms with Crippen LogP contribution in [0, 0.1) is 0 Å². The summed E-state index contributed by atoms with van der Waals surface area (Å²) >= 11 is 0. The second-order valence-electron chi connectivity index (χ2n) is 4.54. The summed E-state index contributed by atoms with van der Waals surface area (Å²) in [5, 5.41) is 3.14. The SMILES string of the molecule is CCC[C@@H](Nc1ccc(C(=O)OCC)cc1)C(=O)OCC. The molecule has 0 aliphatic carbocycles. The number of esters is 2. The molecule has 5 heteroatoms. The van der Waals surface area contributed by atoms with E-state index < -0.39 is 0 Å². The molecule has 0 spiro atoms. The molecule has 116 valence electrons. The fourth-order valence-electron chi connectivity index (χ4n) is 1.90. The van der Waals surface area contributed by atoms with E-state index in [1.165, 1.54) is 0 Å². The molecule has 0 bridgehead atoms. The molecule has 0 aliphatic rings. The number of carbonyl (C=O) groups is 2. The molecule has 0 heterocycles. The van der Waals surface area contributed by atoms with Gasteiger partial charge in [-0.1, -0.05) is 13.3 Å². The van der Waals surface area contributed by atoms with Gasteiger partial charge in [0, 0.05) is 5.69 Å². The zero-order valence-corrected chi connectivity index (χ0v) is 12.8. The van der Waals surface area contributed by atoms with Gasteiger partial charge in [0.15, 0.2) is 0 Å². The van der Waals surface area contributed by atoms with Gasteiger partial charge in [0.25, 0.3) is 0 Å². The highest BCUT2D eigenvalue weighted by Gasteiger charge is 2.18. The van der Waals surface area contributed by atoms with Gasteiger partial charge in [-0.2, -0.15) is 0 Å². The van der Waals surface area contributed by atoms with E-state index in [1.54, 1.807) is 38.1 Å². The number of hydrogen-bond donors (Lipinski definition) is 1. The molecule has 5 nitrogen and oxygen atoms in total. The first kappa shape index (κ1) is 17.0. The Hall–Kier alpha value is -2.04. The Kier molecular flexibility index (Phi) is 7.29. The predicted molar refractivity (Wildman–Crippen MR) is 81.4 cm³/mol. The summed E-state index contributed by atoms with van der Waals surface area (Å²) in [6.07, 6.45) is 1.57. The summed E-state index contributed by atoms with van der Waals surface area (Å²) < 4.78 is 9.97. The molecule has 1 aromatic carbocycles. The van der Waals surface area contributed by atoms with Crippen molar-refractivity contribution >= 4 is 17.6 Å². The van der Waals surface area contributed by atoms with Crippen LogP contribution in [0.15, 0.2) is 24.3 Å². The van der Waals surface area contributed by atoms with Gasteiger partial charge in [0.05, 0.1) is 18.8 Å². The third-order valence-corrected chi connectivity index (χ3v) is 2.89. The second kappa shape index (κ2) is 9.00. The van der Waals surface area contributed by atoms with Crippen LogP contribution >= 0.6 is 0 Å². The Bertz CT molecular complexity index is 456. The Morgan fingerprint density at radius 3 is 2.19 bits per heavy atom. The van der Waals surface area contributed by atoms with Gasteiger partial charge in [-0.25, -0.2) is 9.59 Å². The molecule has 0 amide bonds. The Balaban J connectivity index is 2.71. The molecular weight excluding hydrogens is 270 g/mol. The lowest BCUT2D eigenvalue weighted by atomic mass is 10.1. The lowest BCUT2D eigenvalue weighted by Gasteiger charge is -2.17. The lowest BCUT2D eigenvalue weighted by Crippen LogP contribution is -2.31. The van der Waals surface area contributed by atoms with Gasteiger partial charge >= 0.3 is 11.9 Å². The summed E-state index contributed by atoms with van der Waals surface area (Å²) in [6, 6.07) is 6.49. The number of carbonyl (C=O) groups excluding carboxylic acids is 2. The van der Waals surface area contributed by atoms with E-state index >= 15 is 0 Å². The minimum atomic E-state index is -0.372. The third-order valence-electron chi connectivity index (χ3n) is 2.89. The number of hydrogen-bond acceptors (Lipinski definition) is 5. The van der Waals surface area contributed by atoms with Crippen molar-refractivity contribution in [3.05, 3.63) is 29.8 Å². The minimum Gasteiger partial charge on any atom is -0.464 e. The number of benzene rings is 1. The van der Waals surface area contributed by atoms with Gasteiger partial charge < -0.3 is 14.8 Å². The molecule has 0 saturated carbocycles. The summed E-state index contributed by atoms with van der Waals surface area (Å²) in [5.41, 5.74) is 1.26. The smallest absolute Gasteiger partial charge is 0.338 e. The highest BCUT2D eigenvalue weighted by atomic mass is 16.5. The van der Waals surface area contributed by atoms with Crippen molar-refractivity contribution in [2.45, 2.75) is 39.7 Å². The zero-order chi connectivity index (χ0) is 15.7. The first-order valence-corrected chi connectivity index (χ1v) is 7.32. The standard InChI is InChI=1S/C16H23NO4/c1-4-7-14(16(19)21-6-3)17-13-10-8-12(9-11-13)15(18)20-5-2/h8-11,14,17H,4-7H2,1-3H3/t14-/m1/s1. The number of nitrogens with one attached hydrogen (secondary N) is 1. The first-order valence-electron chi connectivity index (χ1n) is 7.32. The van der Waals surface area contributed by atoms with Crippen molar-refractivity contribution in [1.82, 2.24) is 0 Å². The predicted octanol–water partition coefficient (Wildman–Crippen LogP) is 3.01. The third kappa shape index (κ3) is 5.45. The van der Waals surface area contributed by atoms with Gasteiger partial charge in [0.2, 0.25) is 0 Å². The van der Waals surface area contributed by atoms with Crippen LogP contribution in [0.5, 0.6) is 0 Å². The first-order chi connectivity index (χ1) is 10.1. The summed E-state index contributed by atoms with van der Waals surface area (Å²) in [5.74, 6) is -0.603. The number of anilines is 1. The quantitative estimate of drug-likeness (QED) is 0.746. The zero-order valence-electron chi connectivity index (χ0n) is 12.8. The largest absolute Gasteiger partial charge is 0.464 e. The molecule has 1 aromatic rings. The highest BCUT2D eigenvalue weighted by molar-refractivity contribution is 5.90. The van der Waals surface area contributed by atoms with Crippen molar-refractivity contribution < 1.29 is 19.1 Å². The molecule has 0 fully saturated rings. The molecule has 21 heavy (non-hydrogen) atoms. The maximum atomic E-state index is 11.8.